The van der Waals surface area contributed by atoms with Gasteiger partial charge < -0.3 is 20.1 Å². The first-order chi connectivity index (χ1) is 9.86. The Kier molecular flexibility index (Phi) is 9.70. The molecule has 114 valence electrons. The standard InChI is InChI=1S/C16H28N2O2/c1-3-4-14-20-16-8-6-15(7-9-16)18-12-11-17-10-5-13-19-2/h6-9,17-18H,3-5,10-14H2,1-2H3. The number of nitrogens with one attached hydrogen (secondary N) is 2. The number of benzene rings is 1. The predicted octanol–water partition coefficient (Wildman–Crippen LogP) is 2.90. The van der Waals surface area contributed by atoms with Crippen molar-refractivity contribution in [3.8, 4) is 5.75 Å². The highest BCUT2D eigenvalue weighted by Gasteiger charge is 1.95. The number of anilines is 1. The summed E-state index contributed by atoms with van der Waals surface area (Å²) in [6.45, 7) is 6.66. The van der Waals surface area contributed by atoms with E-state index in [1.54, 1.807) is 7.11 Å². The van der Waals surface area contributed by atoms with Crippen molar-refractivity contribution < 1.29 is 9.47 Å². The summed E-state index contributed by atoms with van der Waals surface area (Å²) in [6.07, 6.45) is 3.33. The minimum absolute atomic E-state index is 0.800. The van der Waals surface area contributed by atoms with Gasteiger partial charge in [0.15, 0.2) is 0 Å². The zero-order valence-electron chi connectivity index (χ0n) is 12.8. The van der Waals surface area contributed by atoms with E-state index in [4.69, 9.17) is 9.47 Å². The fraction of sp³-hybridized carbons (Fsp3) is 0.625. The predicted molar refractivity (Wildman–Crippen MR) is 84.7 cm³/mol. The second kappa shape index (κ2) is 11.6. The second-order valence-corrected chi connectivity index (χ2v) is 4.75. The van der Waals surface area contributed by atoms with Crippen molar-refractivity contribution in [3.63, 3.8) is 0 Å². The zero-order chi connectivity index (χ0) is 14.5. The lowest BCUT2D eigenvalue weighted by atomic mass is 10.3. The second-order valence-electron chi connectivity index (χ2n) is 4.75. The maximum atomic E-state index is 5.63. The Morgan fingerprint density at radius 2 is 1.75 bits per heavy atom. The molecule has 0 aliphatic rings. The van der Waals surface area contributed by atoms with Gasteiger partial charge in [0, 0.05) is 32.5 Å². The number of unbranched alkanes of at least 4 members (excludes halogenated alkanes) is 1. The van der Waals surface area contributed by atoms with Crippen LogP contribution in [0, 0.1) is 0 Å². The third kappa shape index (κ3) is 8.02. The molecule has 0 saturated carbocycles. The van der Waals surface area contributed by atoms with Crippen molar-refractivity contribution >= 4 is 5.69 Å². The lowest BCUT2D eigenvalue weighted by Crippen LogP contribution is -2.23. The largest absolute Gasteiger partial charge is 0.494 e. The summed E-state index contributed by atoms with van der Waals surface area (Å²) in [5, 5.41) is 6.75. The molecule has 4 nitrogen and oxygen atoms in total. The van der Waals surface area contributed by atoms with E-state index in [0.717, 1.165) is 63.5 Å². The summed E-state index contributed by atoms with van der Waals surface area (Å²) in [7, 11) is 1.73. The van der Waals surface area contributed by atoms with Gasteiger partial charge in [-0.3, -0.25) is 0 Å². The molecule has 0 aliphatic heterocycles. The van der Waals surface area contributed by atoms with Crippen LogP contribution >= 0.6 is 0 Å². The Balaban J connectivity index is 2.08. The molecule has 2 N–H and O–H groups in total. The summed E-state index contributed by atoms with van der Waals surface area (Å²) in [5.41, 5.74) is 1.13. The van der Waals surface area contributed by atoms with Crippen LogP contribution in [0.3, 0.4) is 0 Å². The summed E-state index contributed by atoms with van der Waals surface area (Å²) < 4.78 is 10.6. The van der Waals surface area contributed by atoms with Gasteiger partial charge in [-0.15, -0.1) is 0 Å². The summed E-state index contributed by atoms with van der Waals surface area (Å²) in [5.74, 6) is 0.946. The molecule has 0 saturated heterocycles. The van der Waals surface area contributed by atoms with Gasteiger partial charge in [0.25, 0.3) is 0 Å². The summed E-state index contributed by atoms with van der Waals surface area (Å²) in [4.78, 5) is 0. The highest BCUT2D eigenvalue weighted by molar-refractivity contribution is 5.46. The number of ether oxygens (including phenoxy) is 2. The monoisotopic (exact) mass is 280 g/mol. The van der Waals surface area contributed by atoms with Crippen LogP contribution in [0.2, 0.25) is 0 Å². The molecular formula is C16H28N2O2. The molecule has 0 spiro atoms. The molecule has 0 aliphatic carbocycles. The Hall–Kier alpha value is -1.26. The van der Waals surface area contributed by atoms with Crippen LogP contribution in [0.4, 0.5) is 5.69 Å². The normalized spacial score (nSPS) is 10.5. The van der Waals surface area contributed by atoms with Crippen molar-refractivity contribution in [2.24, 2.45) is 0 Å². The maximum absolute atomic E-state index is 5.63. The number of methoxy groups -OCH3 is 1. The zero-order valence-corrected chi connectivity index (χ0v) is 12.8. The number of hydrogen-bond donors (Lipinski definition) is 2. The van der Waals surface area contributed by atoms with E-state index >= 15 is 0 Å². The van der Waals surface area contributed by atoms with Crippen molar-refractivity contribution in [1.29, 1.82) is 0 Å². The SMILES string of the molecule is CCCCOc1ccc(NCCNCCCOC)cc1. The molecule has 0 aromatic heterocycles. The van der Waals surface area contributed by atoms with Gasteiger partial charge in [-0.25, -0.2) is 0 Å². The Labute approximate surface area is 122 Å². The third-order valence-corrected chi connectivity index (χ3v) is 2.95. The van der Waals surface area contributed by atoms with Gasteiger partial charge in [-0.05, 0) is 43.7 Å². The Bertz CT molecular complexity index is 328. The van der Waals surface area contributed by atoms with Crippen molar-refractivity contribution in [2.75, 3.05) is 45.3 Å². The van der Waals surface area contributed by atoms with Gasteiger partial charge in [0.2, 0.25) is 0 Å². The molecule has 1 aromatic carbocycles. The molecule has 0 radical (unpaired) electrons. The molecule has 1 rings (SSSR count). The van der Waals surface area contributed by atoms with E-state index in [-0.39, 0.29) is 0 Å². The molecule has 0 atom stereocenters. The first kappa shape index (κ1) is 16.8. The molecule has 0 amide bonds. The minimum Gasteiger partial charge on any atom is -0.494 e. The molecule has 0 unspecified atom stereocenters. The van der Waals surface area contributed by atoms with E-state index in [9.17, 15) is 0 Å². The fourth-order valence-electron chi connectivity index (χ4n) is 1.77. The van der Waals surface area contributed by atoms with Crippen molar-refractivity contribution in [2.45, 2.75) is 26.2 Å². The topological polar surface area (TPSA) is 42.5 Å². The van der Waals surface area contributed by atoms with Gasteiger partial charge in [-0.1, -0.05) is 13.3 Å². The van der Waals surface area contributed by atoms with Crippen LogP contribution in [-0.2, 0) is 4.74 Å². The summed E-state index contributed by atoms with van der Waals surface area (Å²) in [6, 6.07) is 8.16. The van der Waals surface area contributed by atoms with E-state index in [1.807, 2.05) is 12.1 Å². The van der Waals surface area contributed by atoms with Gasteiger partial charge in [0.1, 0.15) is 5.75 Å². The molecule has 1 aromatic rings. The number of rotatable bonds is 12. The smallest absolute Gasteiger partial charge is 0.119 e. The lowest BCUT2D eigenvalue weighted by molar-refractivity contribution is 0.194. The first-order valence-corrected chi connectivity index (χ1v) is 7.53. The van der Waals surface area contributed by atoms with Crippen LogP contribution in [0.25, 0.3) is 0 Å². The van der Waals surface area contributed by atoms with Crippen LogP contribution < -0.4 is 15.4 Å². The lowest BCUT2D eigenvalue weighted by Gasteiger charge is -2.09. The third-order valence-electron chi connectivity index (χ3n) is 2.95. The quantitative estimate of drug-likeness (QED) is 0.578. The van der Waals surface area contributed by atoms with Gasteiger partial charge >= 0.3 is 0 Å². The Morgan fingerprint density at radius 3 is 2.45 bits per heavy atom. The average Bonchev–Trinajstić information content (AvgIpc) is 2.48. The van der Waals surface area contributed by atoms with Gasteiger partial charge in [-0.2, -0.15) is 0 Å². The molecule has 0 fully saturated rings. The molecule has 0 bridgehead atoms. The average molecular weight is 280 g/mol. The van der Waals surface area contributed by atoms with E-state index < -0.39 is 0 Å². The summed E-state index contributed by atoms with van der Waals surface area (Å²) >= 11 is 0. The van der Waals surface area contributed by atoms with Crippen LogP contribution in [0.15, 0.2) is 24.3 Å². The first-order valence-electron chi connectivity index (χ1n) is 7.53. The van der Waals surface area contributed by atoms with Crippen molar-refractivity contribution in [3.05, 3.63) is 24.3 Å². The Morgan fingerprint density at radius 1 is 0.950 bits per heavy atom. The molecule has 4 heteroatoms. The highest BCUT2D eigenvalue weighted by Crippen LogP contribution is 2.15. The molecular weight excluding hydrogens is 252 g/mol. The van der Waals surface area contributed by atoms with Crippen molar-refractivity contribution in [1.82, 2.24) is 5.32 Å². The highest BCUT2D eigenvalue weighted by atomic mass is 16.5. The minimum atomic E-state index is 0.800. The molecule has 0 heterocycles. The van der Waals surface area contributed by atoms with Crippen LogP contribution in [0.1, 0.15) is 26.2 Å². The number of hydrogen-bond acceptors (Lipinski definition) is 4. The van der Waals surface area contributed by atoms with E-state index in [2.05, 4.69) is 29.7 Å². The maximum Gasteiger partial charge on any atom is 0.119 e. The van der Waals surface area contributed by atoms with Gasteiger partial charge in [0.05, 0.1) is 6.61 Å². The van der Waals surface area contributed by atoms with E-state index in [1.165, 1.54) is 0 Å². The molecule has 20 heavy (non-hydrogen) atoms. The van der Waals surface area contributed by atoms with Crippen LogP contribution in [0.5, 0.6) is 5.75 Å². The fourth-order valence-corrected chi connectivity index (χ4v) is 1.77. The van der Waals surface area contributed by atoms with Crippen LogP contribution in [-0.4, -0.2) is 40.0 Å². The van der Waals surface area contributed by atoms with E-state index in [0.29, 0.717) is 0 Å².